The molecule has 0 radical (unpaired) electrons. The summed E-state index contributed by atoms with van der Waals surface area (Å²) >= 11 is 0. The summed E-state index contributed by atoms with van der Waals surface area (Å²) in [5, 5.41) is 28.8. The summed E-state index contributed by atoms with van der Waals surface area (Å²) in [4.78, 5) is 23.2. The molecule has 0 unspecified atom stereocenters. The SMILES string of the molecule is CCC(=O)O[C@@H]([C@H](O)[C@H](O)CO)[C@@H](OC(=O)CC)C1OCCO1. The van der Waals surface area contributed by atoms with Gasteiger partial charge in [-0.25, -0.2) is 0 Å². The first-order chi connectivity index (χ1) is 10.9. The highest BCUT2D eigenvalue weighted by atomic mass is 16.7. The van der Waals surface area contributed by atoms with Crippen molar-refractivity contribution in [2.75, 3.05) is 19.8 Å². The molecule has 1 aliphatic heterocycles. The molecule has 1 heterocycles. The van der Waals surface area contributed by atoms with Crippen molar-refractivity contribution in [3.63, 3.8) is 0 Å². The maximum atomic E-state index is 11.6. The zero-order valence-corrected chi connectivity index (χ0v) is 13.2. The molecule has 23 heavy (non-hydrogen) atoms. The van der Waals surface area contributed by atoms with Crippen LogP contribution in [0.15, 0.2) is 0 Å². The minimum absolute atomic E-state index is 0.0132. The van der Waals surface area contributed by atoms with Crippen LogP contribution in [0.2, 0.25) is 0 Å². The summed E-state index contributed by atoms with van der Waals surface area (Å²) in [6.45, 7) is 2.85. The van der Waals surface area contributed by atoms with Crippen LogP contribution in [0.25, 0.3) is 0 Å². The van der Waals surface area contributed by atoms with Gasteiger partial charge < -0.3 is 34.3 Å². The lowest BCUT2D eigenvalue weighted by Gasteiger charge is -2.33. The second-order valence-corrected chi connectivity index (χ2v) is 4.97. The second-order valence-electron chi connectivity index (χ2n) is 4.97. The van der Waals surface area contributed by atoms with Crippen molar-refractivity contribution in [1.29, 1.82) is 0 Å². The first-order valence-electron chi connectivity index (χ1n) is 7.53. The predicted octanol–water partition coefficient (Wildman–Crippen LogP) is -1.28. The van der Waals surface area contributed by atoms with Gasteiger partial charge in [-0.15, -0.1) is 0 Å². The van der Waals surface area contributed by atoms with E-state index in [1.165, 1.54) is 0 Å². The van der Waals surface area contributed by atoms with Crippen LogP contribution in [0.1, 0.15) is 26.7 Å². The normalized spacial score (nSPS) is 20.6. The molecule has 9 heteroatoms. The van der Waals surface area contributed by atoms with Gasteiger partial charge in [-0.05, 0) is 0 Å². The Morgan fingerprint density at radius 2 is 1.61 bits per heavy atom. The summed E-state index contributed by atoms with van der Waals surface area (Å²) in [5.74, 6) is -1.29. The summed E-state index contributed by atoms with van der Waals surface area (Å²) in [5.41, 5.74) is 0. The van der Waals surface area contributed by atoms with E-state index in [-0.39, 0.29) is 26.1 Å². The molecule has 0 amide bonds. The molecule has 0 aromatic carbocycles. The fraction of sp³-hybridized carbons (Fsp3) is 0.857. The van der Waals surface area contributed by atoms with Gasteiger partial charge in [0.05, 0.1) is 19.8 Å². The fourth-order valence-corrected chi connectivity index (χ4v) is 1.97. The quantitative estimate of drug-likeness (QED) is 0.440. The Morgan fingerprint density at radius 1 is 1.09 bits per heavy atom. The van der Waals surface area contributed by atoms with E-state index >= 15 is 0 Å². The van der Waals surface area contributed by atoms with Gasteiger partial charge in [0.1, 0.15) is 12.2 Å². The van der Waals surface area contributed by atoms with Crippen LogP contribution in [0.3, 0.4) is 0 Å². The maximum Gasteiger partial charge on any atom is 0.306 e. The molecule has 134 valence electrons. The van der Waals surface area contributed by atoms with Gasteiger partial charge >= 0.3 is 11.9 Å². The van der Waals surface area contributed by atoms with Crippen molar-refractivity contribution in [3.05, 3.63) is 0 Å². The molecular formula is C14H24O9. The first-order valence-corrected chi connectivity index (χ1v) is 7.53. The molecule has 1 saturated heterocycles. The fourth-order valence-electron chi connectivity index (χ4n) is 1.97. The minimum Gasteiger partial charge on any atom is -0.455 e. The number of aliphatic hydroxyl groups is 3. The molecule has 0 aromatic heterocycles. The lowest BCUT2D eigenvalue weighted by Crippen LogP contribution is -2.54. The predicted molar refractivity (Wildman–Crippen MR) is 75.1 cm³/mol. The zero-order valence-electron chi connectivity index (χ0n) is 13.2. The highest BCUT2D eigenvalue weighted by molar-refractivity contribution is 5.70. The van der Waals surface area contributed by atoms with Crippen LogP contribution in [0.5, 0.6) is 0 Å². The Balaban J connectivity index is 3.01. The van der Waals surface area contributed by atoms with Crippen LogP contribution in [0, 0.1) is 0 Å². The average molecular weight is 336 g/mol. The van der Waals surface area contributed by atoms with Gasteiger partial charge in [-0.3, -0.25) is 9.59 Å². The maximum absolute atomic E-state index is 11.6. The van der Waals surface area contributed by atoms with Gasteiger partial charge in [0.15, 0.2) is 18.5 Å². The van der Waals surface area contributed by atoms with Gasteiger partial charge in [0, 0.05) is 12.8 Å². The van der Waals surface area contributed by atoms with E-state index in [9.17, 15) is 19.8 Å². The van der Waals surface area contributed by atoms with E-state index in [4.69, 9.17) is 24.1 Å². The third-order valence-corrected chi connectivity index (χ3v) is 3.27. The van der Waals surface area contributed by atoms with Crippen molar-refractivity contribution >= 4 is 11.9 Å². The second kappa shape index (κ2) is 9.78. The number of carbonyl (C=O) groups excluding carboxylic acids is 2. The van der Waals surface area contributed by atoms with Crippen molar-refractivity contribution in [2.24, 2.45) is 0 Å². The van der Waals surface area contributed by atoms with Crippen LogP contribution in [-0.2, 0) is 28.5 Å². The Kier molecular flexibility index (Phi) is 8.42. The monoisotopic (exact) mass is 336 g/mol. The largest absolute Gasteiger partial charge is 0.455 e. The Morgan fingerprint density at radius 3 is 2.09 bits per heavy atom. The molecule has 1 rings (SSSR count). The average Bonchev–Trinajstić information content (AvgIpc) is 3.10. The van der Waals surface area contributed by atoms with E-state index in [0.717, 1.165) is 0 Å². The zero-order chi connectivity index (χ0) is 17.4. The minimum atomic E-state index is -1.68. The molecular weight excluding hydrogens is 312 g/mol. The highest BCUT2D eigenvalue weighted by Gasteiger charge is 2.44. The number of hydrogen-bond donors (Lipinski definition) is 3. The standard InChI is InChI=1S/C14H24O9/c1-3-9(17)22-12(11(19)8(16)7-15)13(23-10(18)4-2)14-20-5-6-21-14/h8,11-16,19H,3-7H2,1-2H3/t8-,11-,12+,13-/m1/s1. The lowest BCUT2D eigenvalue weighted by molar-refractivity contribution is -0.220. The third kappa shape index (κ3) is 5.70. The van der Waals surface area contributed by atoms with Crippen molar-refractivity contribution in [2.45, 2.75) is 57.4 Å². The van der Waals surface area contributed by atoms with Crippen molar-refractivity contribution in [3.8, 4) is 0 Å². The Hall–Kier alpha value is -1.26. The van der Waals surface area contributed by atoms with Gasteiger partial charge in [-0.1, -0.05) is 13.8 Å². The Bertz CT molecular complexity index is 380. The van der Waals surface area contributed by atoms with Crippen LogP contribution < -0.4 is 0 Å². The van der Waals surface area contributed by atoms with Crippen LogP contribution in [0.4, 0.5) is 0 Å². The van der Waals surface area contributed by atoms with E-state index in [0.29, 0.717) is 0 Å². The summed E-state index contributed by atoms with van der Waals surface area (Å²) in [6, 6.07) is 0. The van der Waals surface area contributed by atoms with Crippen LogP contribution in [-0.4, -0.2) is 77.8 Å². The number of carbonyl (C=O) groups is 2. The molecule has 0 aliphatic carbocycles. The summed E-state index contributed by atoms with van der Waals surface area (Å²) < 4.78 is 20.8. The lowest BCUT2D eigenvalue weighted by atomic mass is 10.0. The molecule has 0 spiro atoms. The van der Waals surface area contributed by atoms with Gasteiger partial charge in [0.25, 0.3) is 0 Å². The first kappa shape index (κ1) is 19.8. The molecule has 1 aliphatic rings. The number of esters is 2. The number of aliphatic hydroxyl groups excluding tert-OH is 3. The molecule has 3 N–H and O–H groups in total. The number of rotatable bonds is 9. The van der Waals surface area contributed by atoms with Crippen molar-refractivity contribution in [1.82, 2.24) is 0 Å². The number of hydrogen-bond acceptors (Lipinski definition) is 9. The highest BCUT2D eigenvalue weighted by Crippen LogP contribution is 2.22. The molecule has 4 atom stereocenters. The van der Waals surface area contributed by atoms with E-state index in [1.807, 2.05) is 0 Å². The number of ether oxygens (including phenoxy) is 4. The molecule has 0 bridgehead atoms. The molecule has 0 aromatic rings. The van der Waals surface area contributed by atoms with Gasteiger partial charge in [0.2, 0.25) is 0 Å². The smallest absolute Gasteiger partial charge is 0.306 e. The van der Waals surface area contributed by atoms with E-state index in [1.54, 1.807) is 13.8 Å². The van der Waals surface area contributed by atoms with Gasteiger partial charge in [-0.2, -0.15) is 0 Å². The van der Waals surface area contributed by atoms with Crippen molar-refractivity contribution < 1.29 is 43.9 Å². The van der Waals surface area contributed by atoms with E-state index in [2.05, 4.69) is 0 Å². The molecule has 1 fully saturated rings. The molecule has 9 nitrogen and oxygen atoms in total. The third-order valence-electron chi connectivity index (χ3n) is 3.27. The topological polar surface area (TPSA) is 132 Å². The molecule has 0 saturated carbocycles. The van der Waals surface area contributed by atoms with E-state index < -0.39 is 49.3 Å². The summed E-state index contributed by atoms with van der Waals surface area (Å²) in [7, 11) is 0. The van der Waals surface area contributed by atoms with Crippen LogP contribution >= 0.6 is 0 Å². The Labute approximate surface area is 134 Å². The summed E-state index contributed by atoms with van der Waals surface area (Å²) in [6.07, 6.45) is -6.96.